The van der Waals surface area contributed by atoms with Crippen molar-refractivity contribution in [1.29, 1.82) is 0 Å². The predicted octanol–water partition coefficient (Wildman–Crippen LogP) is 5.57. The number of nitrogens with one attached hydrogen (secondary N) is 1. The Morgan fingerprint density at radius 1 is 1.07 bits per heavy atom. The number of ether oxygens (including phenoxy) is 1. The second-order valence-electron chi connectivity index (χ2n) is 5.71. The number of anilines is 1. The van der Waals surface area contributed by atoms with Gasteiger partial charge in [0, 0.05) is 18.1 Å². The molecule has 7 heteroatoms. The molecular formula is C20H15F2NO3S. The Morgan fingerprint density at radius 3 is 2.56 bits per heavy atom. The molecule has 1 amide bonds. The van der Waals surface area contributed by atoms with Crippen molar-refractivity contribution in [1.82, 2.24) is 0 Å². The molecule has 0 saturated heterocycles. The summed E-state index contributed by atoms with van der Waals surface area (Å²) in [5.74, 6) is -1.31. The summed E-state index contributed by atoms with van der Waals surface area (Å²) in [6.07, 6.45) is -2.03. The molecule has 27 heavy (non-hydrogen) atoms. The van der Waals surface area contributed by atoms with Crippen LogP contribution in [0, 0.1) is 11.6 Å². The first-order valence-corrected chi connectivity index (χ1v) is 8.89. The fraction of sp³-hybridized carbons (Fsp3) is 0.100. The van der Waals surface area contributed by atoms with Crippen LogP contribution < -0.4 is 5.32 Å². The molecule has 0 fully saturated rings. The number of halogens is 2. The third-order valence-electron chi connectivity index (χ3n) is 3.79. The van der Waals surface area contributed by atoms with Crippen LogP contribution in [0.2, 0.25) is 0 Å². The lowest BCUT2D eigenvalue weighted by molar-refractivity contribution is 0.102. The number of carbonyl (C=O) groups is 2. The Kier molecular flexibility index (Phi) is 5.61. The zero-order valence-corrected chi connectivity index (χ0v) is 15.1. The Labute approximate surface area is 158 Å². The lowest BCUT2D eigenvalue weighted by atomic mass is 10.0. The van der Waals surface area contributed by atoms with Crippen molar-refractivity contribution < 1.29 is 23.1 Å². The highest BCUT2D eigenvalue weighted by Crippen LogP contribution is 2.30. The summed E-state index contributed by atoms with van der Waals surface area (Å²) in [6.45, 7) is 1.39. The third-order valence-corrected chi connectivity index (χ3v) is 4.80. The first-order chi connectivity index (χ1) is 13.0. The summed E-state index contributed by atoms with van der Waals surface area (Å²) in [5.41, 5.74) is 0.687. The number of hydrogen-bond acceptors (Lipinski definition) is 4. The lowest BCUT2D eigenvalue weighted by Crippen LogP contribution is -2.19. The van der Waals surface area contributed by atoms with Crippen LogP contribution in [0.5, 0.6) is 0 Å². The standard InChI is InChI=1S/C20H15F2NO3S/c1-12(24)19-17(9-10-27-19)23-20(25)26-18(13-5-4-6-14(21)11-13)15-7-2-3-8-16(15)22/h2-11,18H,1H3,(H,23,25). The van der Waals surface area contributed by atoms with E-state index in [0.29, 0.717) is 10.6 Å². The van der Waals surface area contributed by atoms with E-state index in [1.807, 2.05) is 0 Å². The van der Waals surface area contributed by atoms with E-state index >= 15 is 0 Å². The number of benzene rings is 2. The van der Waals surface area contributed by atoms with Crippen molar-refractivity contribution in [2.45, 2.75) is 13.0 Å². The maximum Gasteiger partial charge on any atom is 0.412 e. The lowest BCUT2D eigenvalue weighted by Gasteiger charge is -2.20. The van der Waals surface area contributed by atoms with Gasteiger partial charge in [0.1, 0.15) is 11.6 Å². The minimum absolute atomic E-state index is 0.0929. The van der Waals surface area contributed by atoms with E-state index in [1.54, 1.807) is 23.6 Å². The highest BCUT2D eigenvalue weighted by atomic mass is 32.1. The van der Waals surface area contributed by atoms with E-state index in [1.165, 1.54) is 54.7 Å². The van der Waals surface area contributed by atoms with Gasteiger partial charge in [-0.1, -0.05) is 30.3 Å². The van der Waals surface area contributed by atoms with Gasteiger partial charge in [-0.2, -0.15) is 0 Å². The van der Waals surface area contributed by atoms with Crippen molar-refractivity contribution in [3.05, 3.63) is 87.6 Å². The molecule has 0 spiro atoms. The van der Waals surface area contributed by atoms with Crippen LogP contribution in [0.4, 0.5) is 19.3 Å². The van der Waals surface area contributed by atoms with Crippen LogP contribution >= 0.6 is 11.3 Å². The van der Waals surface area contributed by atoms with Crippen LogP contribution in [0.1, 0.15) is 33.8 Å². The summed E-state index contributed by atoms with van der Waals surface area (Å²) >= 11 is 1.19. The minimum atomic E-state index is -1.15. The van der Waals surface area contributed by atoms with E-state index < -0.39 is 23.8 Å². The molecular weight excluding hydrogens is 372 g/mol. The van der Waals surface area contributed by atoms with Gasteiger partial charge in [-0.3, -0.25) is 10.1 Å². The van der Waals surface area contributed by atoms with Gasteiger partial charge < -0.3 is 4.74 Å². The van der Waals surface area contributed by atoms with Crippen LogP contribution in [0.25, 0.3) is 0 Å². The van der Waals surface area contributed by atoms with E-state index in [2.05, 4.69) is 5.32 Å². The Hall–Kier alpha value is -3.06. The summed E-state index contributed by atoms with van der Waals surface area (Å²) in [7, 11) is 0. The summed E-state index contributed by atoms with van der Waals surface area (Å²) in [6, 6.07) is 12.8. The van der Waals surface area contributed by atoms with Crippen LogP contribution in [-0.2, 0) is 4.74 Å². The van der Waals surface area contributed by atoms with Crippen LogP contribution in [-0.4, -0.2) is 11.9 Å². The van der Waals surface area contributed by atoms with E-state index in [0.717, 1.165) is 0 Å². The predicted molar refractivity (Wildman–Crippen MR) is 99.1 cm³/mol. The van der Waals surface area contributed by atoms with Gasteiger partial charge in [0.2, 0.25) is 0 Å². The number of rotatable bonds is 5. The Bertz CT molecular complexity index is 987. The van der Waals surface area contributed by atoms with Gasteiger partial charge in [0.05, 0.1) is 10.6 Å². The third kappa shape index (κ3) is 4.38. The summed E-state index contributed by atoms with van der Waals surface area (Å²) in [4.78, 5) is 24.3. The van der Waals surface area contributed by atoms with Crippen molar-refractivity contribution in [3.63, 3.8) is 0 Å². The number of thiophene rings is 1. The number of carbonyl (C=O) groups excluding carboxylic acids is 2. The van der Waals surface area contributed by atoms with Gasteiger partial charge in [-0.15, -0.1) is 11.3 Å². The first-order valence-electron chi connectivity index (χ1n) is 8.01. The van der Waals surface area contributed by atoms with Gasteiger partial charge in [0.15, 0.2) is 11.9 Å². The monoisotopic (exact) mass is 387 g/mol. The largest absolute Gasteiger partial charge is 0.436 e. The molecule has 3 aromatic rings. The molecule has 0 saturated carbocycles. The Balaban J connectivity index is 1.90. The highest BCUT2D eigenvalue weighted by Gasteiger charge is 2.23. The van der Waals surface area contributed by atoms with Crippen molar-refractivity contribution in [3.8, 4) is 0 Å². The van der Waals surface area contributed by atoms with Crippen molar-refractivity contribution in [2.75, 3.05) is 5.32 Å². The maximum atomic E-state index is 14.3. The van der Waals surface area contributed by atoms with Gasteiger partial charge in [-0.05, 0) is 29.6 Å². The minimum Gasteiger partial charge on any atom is -0.436 e. The molecule has 4 nitrogen and oxygen atoms in total. The second kappa shape index (κ2) is 8.09. The van der Waals surface area contributed by atoms with Gasteiger partial charge in [0.25, 0.3) is 0 Å². The molecule has 0 aliphatic carbocycles. The SMILES string of the molecule is CC(=O)c1sccc1NC(=O)OC(c1cccc(F)c1)c1ccccc1F. The molecule has 1 N–H and O–H groups in total. The highest BCUT2D eigenvalue weighted by molar-refractivity contribution is 7.12. The Morgan fingerprint density at radius 2 is 1.85 bits per heavy atom. The molecule has 1 unspecified atom stereocenters. The van der Waals surface area contributed by atoms with E-state index in [-0.39, 0.29) is 16.9 Å². The average molecular weight is 387 g/mol. The molecule has 1 heterocycles. The molecule has 0 aliphatic rings. The quantitative estimate of drug-likeness (QED) is 0.583. The molecule has 1 atom stereocenters. The van der Waals surface area contributed by atoms with Crippen molar-refractivity contribution >= 4 is 28.9 Å². The van der Waals surface area contributed by atoms with E-state index in [9.17, 15) is 18.4 Å². The number of hydrogen-bond donors (Lipinski definition) is 1. The average Bonchev–Trinajstić information content (AvgIpc) is 3.09. The first kappa shape index (κ1) is 18.7. The summed E-state index contributed by atoms with van der Waals surface area (Å²) < 4.78 is 33.3. The molecule has 2 aromatic carbocycles. The molecule has 0 radical (unpaired) electrons. The zero-order chi connectivity index (χ0) is 19.4. The fourth-order valence-corrected chi connectivity index (χ4v) is 3.35. The zero-order valence-electron chi connectivity index (χ0n) is 14.2. The maximum absolute atomic E-state index is 14.3. The van der Waals surface area contributed by atoms with Gasteiger partial charge in [-0.25, -0.2) is 13.6 Å². The molecule has 3 rings (SSSR count). The molecule has 0 bridgehead atoms. The second-order valence-corrected chi connectivity index (χ2v) is 6.62. The van der Waals surface area contributed by atoms with Gasteiger partial charge >= 0.3 is 6.09 Å². The normalized spacial score (nSPS) is 11.7. The number of ketones is 1. The van der Waals surface area contributed by atoms with Crippen LogP contribution in [0.3, 0.4) is 0 Å². The van der Waals surface area contributed by atoms with Crippen LogP contribution in [0.15, 0.2) is 60.0 Å². The van der Waals surface area contributed by atoms with Crippen molar-refractivity contribution in [2.24, 2.45) is 0 Å². The molecule has 1 aromatic heterocycles. The number of Topliss-reactive ketones (excluding diaryl/α,β-unsaturated/α-hetero) is 1. The number of amides is 1. The summed E-state index contributed by atoms with van der Waals surface area (Å²) in [5, 5.41) is 4.15. The molecule has 138 valence electrons. The fourth-order valence-electron chi connectivity index (χ4n) is 2.60. The topological polar surface area (TPSA) is 55.4 Å². The molecule has 0 aliphatic heterocycles. The smallest absolute Gasteiger partial charge is 0.412 e. The van der Waals surface area contributed by atoms with E-state index in [4.69, 9.17) is 4.74 Å².